The highest BCUT2D eigenvalue weighted by atomic mass is 32.1. The first kappa shape index (κ1) is 12.8. The van der Waals surface area contributed by atoms with E-state index in [4.69, 9.17) is 12.2 Å². The van der Waals surface area contributed by atoms with E-state index >= 15 is 0 Å². The molecular formula is C12H16N4OS. The number of hydrogen-bond acceptors (Lipinski definition) is 3. The van der Waals surface area contributed by atoms with Crippen molar-refractivity contribution in [3.8, 4) is 0 Å². The molecule has 0 bridgehead atoms. The van der Waals surface area contributed by atoms with Crippen molar-refractivity contribution in [1.29, 1.82) is 0 Å². The van der Waals surface area contributed by atoms with Gasteiger partial charge in [0.15, 0.2) is 10.4 Å². The highest BCUT2D eigenvalue weighted by Gasteiger charge is 2.20. The number of pyridine rings is 1. The van der Waals surface area contributed by atoms with Crippen molar-refractivity contribution >= 4 is 29.3 Å². The van der Waals surface area contributed by atoms with Gasteiger partial charge in [0, 0.05) is 20.3 Å². The fraction of sp³-hybridized carbons (Fsp3) is 0.417. The molecule has 6 heteroatoms. The predicted octanol–water partition coefficient (Wildman–Crippen LogP) is 2.05. The van der Waals surface area contributed by atoms with Gasteiger partial charge in [0.2, 0.25) is 5.91 Å². The molecule has 0 aliphatic carbocycles. The van der Waals surface area contributed by atoms with Crippen LogP contribution in [0.15, 0.2) is 12.3 Å². The Morgan fingerprint density at radius 1 is 1.56 bits per heavy atom. The quantitative estimate of drug-likeness (QED) is 0.845. The van der Waals surface area contributed by atoms with Crippen LogP contribution in [0.1, 0.15) is 18.5 Å². The zero-order valence-electron chi connectivity index (χ0n) is 10.9. The summed E-state index contributed by atoms with van der Waals surface area (Å²) in [5.74, 6) is -0.00521. The monoisotopic (exact) mass is 264 g/mol. The molecule has 0 aliphatic rings. The van der Waals surface area contributed by atoms with Crippen LogP contribution in [0, 0.1) is 11.7 Å². The van der Waals surface area contributed by atoms with Gasteiger partial charge >= 0.3 is 0 Å². The predicted molar refractivity (Wildman–Crippen MR) is 73.1 cm³/mol. The van der Waals surface area contributed by atoms with E-state index in [1.165, 1.54) is 0 Å². The minimum Gasteiger partial charge on any atom is -0.347 e. The Morgan fingerprint density at radius 2 is 2.22 bits per heavy atom. The smallest absolute Gasteiger partial charge is 0.244 e. The summed E-state index contributed by atoms with van der Waals surface area (Å²) in [5, 5.41) is 0. The lowest BCUT2D eigenvalue weighted by atomic mass is 10.3. The van der Waals surface area contributed by atoms with Crippen molar-refractivity contribution < 1.29 is 4.79 Å². The summed E-state index contributed by atoms with van der Waals surface area (Å²) < 4.78 is 2.28. The summed E-state index contributed by atoms with van der Waals surface area (Å²) in [6, 6.07) is 1.61. The van der Waals surface area contributed by atoms with E-state index in [0.29, 0.717) is 10.4 Å². The Balaban J connectivity index is 2.61. The van der Waals surface area contributed by atoms with E-state index < -0.39 is 0 Å². The number of amides is 1. The molecule has 0 saturated heterocycles. The van der Waals surface area contributed by atoms with Gasteiger partial charge < -0.3 is 9.88 Å². The van der Waals surface area contributed by atoms with Gasteiger partial charge in [0.1, 0.15) is 6.04 Å². The molecule has 0 spiro atoms. The number of aromatic amines is 1. The van der Waals surface area contributed by atoms with Crippen LogP contribution in [-0.2, 0) is 4.79 Å². The Kier molecular flexibility index (Phi) is 3.21. The normalized spacial score (nSPS) is 12.7. The van der Waals surface area contributed by atoms with E-state index in [9.17, 15) is 4.79 Å². The Hall–Kier alpha value is -1.69. The molecule has 96 valence electrons. The van der Waals surface area contributed by atoms with Gasteiger partial charge in [-0.3, -0.25) is 9.36 Å². The number of H-pyrrole nitrogens is 1. The van der Waals surface area contributed by atoms with Gasteiger partial charge in [-0.2, -0.15) is 0 Å². The molecule has 0 fully saturated rings. The third-order valence-corrected chi connectivity index (χ3v) is 3.18. The molecule has 2 aromatic rings. The van der Waals surface area contributed by atoms with Crippen LogP contribution in [0.3, 0.4) is 0 Å². The number of carbonyl (C=O) groups excluding carboxylic acids is 1. The molecule has 0 aromatic carbocycles. The second-order valence-electron chi connectivity index (χ2n) is 4.59. The number of carbonyl (C=O) groups is 1. The van der Waals surface area contributed by atoms with Gasteiger partial charge in [-0.1, -0.05) is 0 Å². The van der Waals surface area contributed by atoms with Crippen molar-refractivity contribution in [1.82, 2.24) is 19.4 Å². The van der Waals surface area contributed by atoms with Crippen molar-refractivity contribution in [2.45, 2.75) is 19.9 Å². The van der Waals surface area contributed by atoms with Crippen LogP contribution in [0.2, 0.25) is 0 Å². The number of imidazole rings is 1. The minimum absolute atomic E-state index is 0.00521. The second-order valence-corrected chi connectivity index (χ2v) is 4.98. The van der Waals surface area contributed by atoms with Crippen molar-refractivity contribution in [3.63, 3.8) is 0 Å². The number of likely N-dealkylation sites (N-methyl/N-ethyl adjacent to an activating group) is 1. The van der Waals surface area contributed by atoms with Crippen LogP contribution >= 0.6 is 12.2 Å². The second kappa shape index (κ2) is 4.53. The maximum Gasteiger partial charge on any atom is 0.244 e. The number of aromatic nitrogens is 3. The molecule has 2 heterocycles. The van der Waals surface area contributed by atoms with E-state index in [0.717, 1.165) is 11.1 Å². The lowest BCUT2D eigenvalue weighted by Gasteiger charge is -2.18. The van der Waals surface area contributed by atoms with Crippen LogP contribution in [-0.4, -0.2) is 39.4 Å². The highest BCUT2D eigenvalue weighted by molar-refractivity contribution is 7.71. The van der Waals surface area contributed by atoms with Crippen molar-refractivity contribution in [2.75, 3.05) is 14.1 Å². The molecule has 18 heavy (non-hydrogen) atoms. The molecule has 1 unspecified atom stereocenters. The first-order valence-corrected chi connectivity index (χ1v) is 6.10. The number of hydrogen-bond donors (Lipinski definition) is 1. The van der Waals surface area contributed by atoms with Gasteiger partial charge in [-0.05, 0) is 37.7 Å². The topological polar surface area (TPSA) is 53.9 Å². The fourth-order valence-electron chi connectivity index (χ4n) is 1.96. The third kappa shape index (κ3) is 2.03. The lowest BCUT2D eigenvalue weighted by Crippen LogP contribution is -2.30. The molecular weight excluding hydrogens is 248 g/mol. The largest absolute Gasteiger partial charge is 0.347 e. The Morgan fingerprint density at radius 3 is 2.83 bits per heavy atom. The molecule has 0 aliphatic heterocycles. The van der Waals surface area contributed by atoms with Crippen molar-refractivity contribution in [3.05, 3.63) is 22.6 Å². The van der Waals surface area contributed by atoms with E-state index in [1.807, 2.05) is 19.9 Å². The molecule has 0 saturated carbocycles. The Labute approximate surface area is 110 Å². The maximum atomic E-state index is 12.0. The number of rotatable bonds is 2. The Bertz CT molecular complexity index is 656. The molecule has 1 amide bonds. The van der Waals surface area contributed by atoms with Crippen LogP contribution in [0.25, 0.3) is 11.2 Å². The number of aryl methyl sites for hydroxylation is 1. The molecule has 5 nitrogen and oxygen atoms in total. The van der Waals surface area contributed by atoms with Gasteiger partial charge in [0.25, 0.3) is 0 Å². The summed E-state index contributed by atoms with van der Waals surface area (Å²) in [6.45, 7) is 3.79. The average molecular weight is 264 g/mol. The molecule has 1 atom stereocenters. The van der Waals surface area contributed by atoms with Gasteiger partial charge in [-0.25, -0.2) is 4.98 Å². The zero-order valence-corrected chi connectivity index (χ0v) is 11.7. The van der Waals surface area contributed by atoms with Crippen LogP contribution in [0.4, 0.5) is 0 Å². The number of nitrogens with one attached hydrogen (secondary N) is 1. The summed E-state index contributed by atoms with van der Waals surface area (Å²) in [6.07, 6.45) is 1.77. The first-order valence-electron chi connectivity index (χ1n) is 5.70. The fourth-order valence-corrected chi connectivity index (χ4v) is 2.32. The summed E-state index contributed by atoms with van der Waals surface area (Å²) in [4.78, 5) is 21.0. The SMILES string of the molecule is Cc1cnc2c(c1)[nH]c(=S)n2C(C)C(=O)N(C)C. The molecule has 0 radical (unpaired) electrons. The third-order valence-electron chi connectivity index (χ3n) is 2.88. The summed E-state index contributed by atoms with van der Waals surface area (Å²) in [5.41, 5.74) is 2.63. The van der Waals surface area contributed by atoms with Crippen LogP contribution in [0.5, 0.6) is 0 Å². The molecule has 2 rings (SSSR count). The minimum atomic E-state index is -0.364. The van der Waals surface area contributed by atoms with Crippen LogP contribution < -0.4 is 0 Å². The average Bonchev–Trinajstić information content (AvgIpc) is 2.62. The zero-order chi connectivity index (χ0) is 13.4. The molecule has 2 aromatic heterocycles. The lowest BCUT2D eigenvalue weighted by molar-refractivity contribution is -0.131. The van der Waals surface area contributed by atoms with Gasteiger partial charge in [-0.15, -0.1) is 0 Å². The summed E-state index contributed by atoms with van der Waals surface area (Å²) in [7, 11) is 3.46. The first-order chi connectivity index (χ1) is 8.41. The molecule has 1 N–H and O–H groups in total. The van der Waals surface area contributed by atoms with E-state index in [2.05, 4.69) is 9.97 Å². The van der Waals surface area contributed by atoms with Crippen molar-refractivity contribution in [2.24, 2.45) is 0 Å². The summed E-state index contributed by atoms with van der Waals surface area (Å²) >= 11 is 5.27. The number of nitrogens with zero attached hydrogens (tertiary/aromatic N) is 3. The van der Waals surface area contributed by atoms with E-state index in [1.54, 1.807) is 29.8 Å². The van der Waals surface area contributed by atoms with E-state index in [-0.39, 0.29) is 11.9 Å². The van der Waals surface area contributed by atoms with Gasteiger partial charge in [0.05, 0.1) is 5.52 Å². The number of fused-ring (bicyclic) bond motifs is 1. The standard InChI is InChI=1S/C12H16N4OS/c1-7-5-9-10(13-6-7)16(12(18)14-9)8(2)11(17)15(3)4/h5-6,8H,1-4H3,(H,14,18). The maximum absolute atomic E-state index is 12.0. The highest BCUT2D eigenvalue weighted by Crippen LogP contribution is 2.19.